The summed E-state index contributed by atoms with van der Waals surface area (Å²) in [4.78, 5) is 18.6. The van der Waals surface area contributed by atoms with Gasteiger partial charge in [0, 0.05) is 18.6 Å². The highest BCUT2D eigenvalue weighted by atomic mass is 32.2. The zero-order chi connectivity index (χ0) is 22.9. The first kappa shape index (κ1) is 21.1. The Kier molecular flexibility index (Phi) is 5.38. The van der Waals surface area contributed by atoms with Gasteiger partial charge in [-0.2, -0.15) is 5.26 Å². The molecule has 32 heavy (non-hydrogen) atoms. The van der Waals surface area contributed by atoms with Crippen molar-refractivity contribution in [1.82, 2.24) is 14.7 Å². The highest BCUT2D eigenvalue weighted by Crippen LogP contribution is 2.26. The molecule has 0 spiro atoms. The molecule has 8 nitrogen and oxygen atoms in total. The predicted octanol–water partition coefficient (Wildman–Crippen LogP) is 4.02. The molecule has 2 heterocycles. The Bertz CT molecular complexity index is 1500. The lowest BCUT2D eigenvalue weighted by atomic mass is 10.2. The number of rotatable bonds is 5. The Morgan fingerprint density at radius 1 is 1.16 bits per heavy atom. The number of nitrogens with one attached hydrogen (secondary N) is 2. The summed E-state index contributed by atoms with van der Waals surface area (Å²) in [5, 5.41) is 9.61. The molecule has 0 aliphatic rings. The summed E-state index contributed by atoms with van der Waals surface area (Å²) in [6.45, 7) is 3.11. The molecule has 0 radical (unpaired) electrons. The Balaban J connectivity index is 1.60. The number of carbonyl (C=O) groups excluding carboxylic acids is 1. The number of hydrogen-bond acceptors (Lipinski definition) is 6. The summed E-state index contributed by atoms with van der Waals surface area (Å²) < 4.78 is 31.9. The molecular formula is C23H18N4O4S. The minimum atomic E-state index is -3.90. The van der Waals surface area contributed by atoms with Gasteiger partial charge in [-0.05, 0) is 61.0 Å². The van der Waals surface area contributed by atoms with E-state index in [9.17, 15) is 18.5 Å². The quantitative estimate of drug-likeness (QED) is 0.446. The van der Waals surface area contributed by atoms with Gasteiger partial charge in [-0.25, -0.2) is 18.1 Å². The summed E-state index contributed by atoms with van der Waals surface area (Å²) in [6, 6.07) is 17.3. The van der Waals surface area contributed by atoms with Gasteiger partial charge in [0.15, 0.2) is 0 Å². The topological polar surface area (TPSA) is 129 Å². The molecule has 9 heteroatoms. The van der Waals surface area contributed by atoms with Crippen LogP contribution in [0.1, 0.15) is 24.1 Å². The molecule has 0 unspecified atom stereocenters. The van der Waals surface area contributed by atoms with Crippen molar-refractivity contribution in [2.45, 2.75) is 18.7 Å². The third-order valence-corrected chi connectivity index (χ3v) is 6.10. The number of benzene rings is 2. The van der Waals surface area contributed by atoms with Crippen molar-refractivity contribution in [3.8, 4) is 17.4 Å². The molecule has 0 fully saturated rings. The zero-order valence-electron chi connectivity index (χ0n) is 17.2. The molecule has 0 aliphatic carbocycles. The van der Waals surface area contributed by atoms with E-state index >= 15 is 0 Å². The molecule has 0 saturated carbocycles. The molecule has 4 aromatic rings. The second-order valence-corrected chi connectivity index (χ2v) is 8.85. The fourth-order valence-electron chi connectivity index (χ4n) is 3.18. The molecule has 0 bridgehead atoms. The van der Waals surface area contributed by atoms with Crippen molar-refractivity contribution in [1.29, 1.82) is 5.26 Å². The van der Waals surface area contributed by atoms with Gasteiger partial charge in [0.25, 0.3) is 10.0 Å². The van der Waals surface area contributed by atoms with Crippen LogP contribution < -0.4 is 4.72 Å². The van der Waals surface area contributed by atoms with Crippen LogP contribution in [-0.2, 0) is 14.8 Å². The van der Waals surface area contributed by atoms with Gasteiger partial charge in [0.1, 0.15) is 23.4 Å². The maximum Gasteiger partial charge on any atom is 0.264 e. The van der Waals surface area contributed by atoms with Gasteiger partial charge in [-0.3, -0.25) is 4.79 Å². The van der Waals surface area contributed by atoms with E-state index in [2.05, 4.69) is 16.0 Å². The number of aromatic nitrogens is 2. The molecule has 0 aliphatic heterocycles. The summed E-state index contributed by atoms with van der Waals surface area (Å²) in [5.74, 6) is 0.725. The van der Waals surface area contributed by atoms with E-state index in [0.29, 0.717) is 28.5 Å². The van der Waals surface area contributed by atoms with Crippen LogP contribution in [0.4, 0.5) is 0 Å². The van der Waals surface area contributed by atoms with E-state index in [1.807, 2.05) is 29.8 Å². The van der Waals surface area contributed by atoms with Gasteiger partial charge in [0.2, 0.25) is 5.91 Å². The molecule has 0 saturated heterocycles. The number of nitriles is 1. The summed E-state index contributed by atoms with van der Waals surface area (Å²) in [7, 11) is -3.90. The number of nitrogens with zero attached hydrogens (tertiary/aromatic N) is 2. The van der Waals surface area contributed by atoms with Crippen LogP contribution in [0.15, 0.2) is 63.9 Å². The average molecular weight is 446 g/mol. The molecule has 2 aromatic carbocycles. The number of carbonyl (C=O) groups is 1. The van der Waals surface area contributed by atoms with Crippen LogP contribution in [0, 0.1) is 18.3 Å². The minimum absolute atomic E-state index is 0.0324. The molecule has 1 amide bonds. The number of allylic oxidation sites excluding steroid dienone is 1. The molecular weight excluding hydrogens is 428 g/mol. The van der Waals surface area contributed by atoms with E-state index in [0.717, 1.165) is 23.5 Å². The predicted molar refractivity (Wildman–Crippen MR) is 119 cm³/mol. The lowest BCUT2D eigenvalue weighted by molar-refractivity contribution is -0.117. The Hall–Kier alpha value is -4.16. The summed E-state index contributed by atoms with van der Waals surface area (Å²) in [6.07, 6.45) is 1.59. The first-order valence-electron chi connectivity index (χ1n) is 9.57. The Morgan fingerprint density at radius 3 is 2.59 bits per heavy atom. The maximum atomic E-state index is 12.1. The monoisotopic (exact) mass is 446 g/mol. The highest BCUT2D eigenvalue weighted by molar-refractivity contribution is 7.90. The molecule has 160 valence electrons. The fraction of sp³-hybridized carbons (Fsp3) is 0.0870. The smallest absolute Gasteiger partial charge is 0.264 e. The van der Waals surface area contributed by atoms with Crippen LogP contribution in [-0.4, -0.2) is 24.3 Å². The lowest BCUT2D eigenvalue weighted by Gasteiger charge is -2.05. The molecule has 2 aromatic heterocycles. The SMILES string of the molecule is CC(=O)NS(=O)(=O)c1ccc(-c2ccc(C=C(C#N)c3nc4ccc(C)cc4[nH]3)o2)cc1. The number of aryl methyl sites for hydroxylation is 1. The standard InChI is InChI=1S/C23H18N4O4S/c1-14-3-9-20-21(11-14)26-23(25-20)17(13-24)12-18-6-10-22(31-18)16-4-7-19(8-5-16)32(29,30)27-15(2)28/h3-12H,1-2H3,(H,25,26)(H,27,28). The van der Waals surface area contributed by atoms with Crippen molar-refractivity contribution in [2.75, 3.05) is 0 Å². The third kappa shape index (κ3) is 4.31. The van der Waals surface area contributed by atoms with Crippen LogP contribution in [0.5, 0.6) is 0 Å². The second-order valence-electron chi connectivity index (χ2n) is 7.16. The third-order valence-electron chi connectivity index (χ3n) is 4.65. The normalized spacial score (nSPS) is 12.0. The molecule has 2 N–H and O–H groups in total. The van der Waals surface area contributed by atoms with Gasteiger partial charge >= 0.3 is 0 Å². The van der Waals surface area contributed by atoms with Crippen molar-refractivity contribution in [3.63, 3.8) is 0 Å². The minimum Gasteiger partial charge on any atom is -0.457 e. The highest BCUT2D eigenvalue weighted by Gasteiger charge is 2.16. The van der Waals surface area contributed by atoms with Crippen LogP contribution >= 0.6 is 0 Å². The van der Waals surface area contributed by atoms with Crippen molar-refractivity contribution in [2.24, 2.45) is 0 Å². The number of hydrogen-bond donors (Lipinski definition) is 2. The van der Waals surface area contributed by atoms with E-state index in [1.165, 1.54) is 12.1 Å². The molecule has 4 rings (SSSR count). The number of furan rings is 1. The Labute approximate surface area is 184 Å². The van der Waals surface area contributed by atoms with Crippen molar-refractivity contribution in [3.05, 3.63) is 71.7 Å². The molecule has 0 atom stereocenters. The van der Waals surface area contributed by atoms with E-state index in [4.69, 9.17) is 4.42 Å². The summed E-state index contributed by atoms with van der Waals surface area (Å²) in [5.41, 5.74) is 3.65. The van der Waals surface area contributed by atoms with Gasteiger partial charge in [0.05, 0.1) is 21.5 Å². The fourth-order valence-corrected chi connectivity index (χ4v) is 4.17. The second kappa shape index (κ2) is 8.17. The summed E-state index contributed by atoms with van der Waals surface area (Å²) >= 11 is 0. The zero-order valence-corrected chi connectivity index (χ0v) is 18.0. The van der Waals surface area contributed by atoms with Crippen molar-refractivity contribution < 1.29 is 17.6 Å². The van der Waals surface area contributed by atoms with E-state index in [-0.39, 0.29) is 4.90 Å². The van der Waals surface area contributed by atoms with Crippen molar-refractivity contribution >= 4 is 38.6 Å². The van der Waals surface area contributed by atoms with Gasteiger partial charge < -0.3 is 9.40 Å². The van der Waals surface area contributed by atoms with Gasteiger partial charge in [-0.15, -0.1) is 0 Å². The van der Waals surface area contributed by atoms with E-state index < -0.39 is 15.9 Å². The number of H-pyrrole nitrogens is 1. The lowest BCUT2D eigenvalue weighted by Crippen LogP contribution is -2.28. The number of imidazole rings is 1. The largest absolute Gasteiger partial charge is 0.457 e. The first-order chi connectivity index (χ1) is 15.2. The van der Waals surface area contributed by atoms with E-state index in [1.54, 1.807) is 30.3 Å². The Morgan fingerprint density at radius 2 is 1.91 bits per heavy atom. The van der Waals surface area contributed by atoms with Crippen LogP contribution in [0.25, 0.3) is 34.0 Å². The number of fused-ring (bicyclic) bond motifs is 1. The number of aromatic amines is 1. The number of amides is 1. The van der Waals surface area contributed by atoms with Crippen LogP contribution in [0.3, 0.4) is 0 Å². The van der Waals surface area contributed by atoms with Crippen LogP contribution in [0.2, 0.25) is 0 Å². The number of sulfonamides is 1. The maximum absolute atomic E-state index is 12.1. The first-order valence-corrected chi connectivity index (χ1v) is 11.1. The van der Waals surface area contributed by atoms with Gasteiger partial charge in [-0.1, -0.05) is 6.07 Å². The average Bonchev–Trinajstić information content (AvgIpc) is 3.37.